The number of hydrogen-bond acceptors (Lipinski definition) is 3. The number of nitrogens with zero attached hydrogens (tertiary/aromatic N) is 1. The van der Waals surface area contributed by atoms with Gasteiger partial charge in [-0.1, -0.05) is 0 Å². The van der Waals surface area contributed by atoms with E-state index >= 15 is 0 Å². The smallest absolute Gasteiger partial charge is 0.317 e. The van der Waals surface area contributed by atoms with E-state index < -0.39 is 17.5 Å². The molecule has 0 saturated carbocycles. The highest BCUT2D eigenvalue weighted by Gasteiger charge is 2.30. The van der Waals surface area contributed by atoms with Gasteiger partial charge in [-0.05, 0) is 20.3 Å². The Labute approximate surface area is 94.2 Å². The van der Waals surface area contributed by atoms with E-state index in [-0.39, 0.29) is 12.6 Å². The number of carbonyl (C=O) groups excluding carboxylic acids is 1. The lowest BCUT2D eigenvalue weighted by Gasteiger charge is -2.22. The molecule has 1 fully saturated rings. The van der Waals surface area contributed by atoms with Crippen LogP contribution in [0.2, 0.25) is 0 Å². The SMILES string of the molecule is CC(C)(CNC(=O)N1CCC(O)C1)C(=O)O. The number of urea groups is 1. The quantitative estimate of drug-likeness (QED) is 0.630. The number of likely N-dealkylation sites (tertiary alicyclic amines) is 1. The first-order chi connectivity index (χ1) is 7.33. The molecule has 2 amide bonds. The normalized spacial score (nSPS) is 20.9. The molecule has 1 rings (SSSR count). The van der Waals surface area contributed by atoms with E-state index in [1.54, 1.807) is 13.8 Å². The molecule has 1 aliphatic rings. The van der Waals surface area contributed by atoms with Crippen molar-refractivity contribution in [3.05, 3.63) is 0 Å². The van der Waals surface area contributed by atoms with Crippen LogP contribution in [0.5, 0.6) is 0 Å². The number of β-amino-alcohol motifs (C(OH)–C–C–N with tert-alkyl or cyclic N) is 1. The van der Waals surface area contributed by atoms with E-state index in [4.69, 9.17) is 5.11 Å². The Morgan fingerprint density at radius 2 is 2.12 bits per heavy atom. The summed E-state index contributed by atoms with van der Waals surface area (Å²) in [5, 5.41) is 20.7. The molecule has 6 heteroatoms. The second kappa shape index (κ2) is 4.69. The number of aliphatic hydroxyl groups excluding tert-OH is 1. The maximum atomic E-state index is 11.6. The van der Waals surface area contributed by atoms with Crippen molar-refractivity contribution in [3.63, 3.8) is 0 Å². The minimum atomic E-state index is -0.978. The number of hydrogen-bond donors (Lipinski definition) is 3. The van der Waals surface area contributed by atoms with Gasteiger partial charge in [-0.2, -0.15) is 0 Å². The van der Waals surface area contributed by atoms with Gasteiger partial charge in [-0.15, -0.1) is 0 Å². The van der Waals surface area contributed by atoms with Crippen LogP contribution in [0.1, 0.15) is 20.3 Å². The van der Waals surface area contributed by atoms with Crippen molar-refractivity contribution < 1.29 is 19.8 Å². The zero-order valence-corrected chi connectivity index (χ0v) is 9.56. The first-order valence-electron chi connectivity index (χ1n) is 5.27. The highest BCUT2D eigenvalue weighted by molar-refractivity contribution is 5.77. The molecule has 1 unspecified atom stereocenters. The van der Waals surface area contributed by atoms with Gasteiger partial charge in [0.05, 0.1) is 11.5 Å². The van der Waals surface area contributed by atoms with E-state index in [1.807, 2.05) is 0 Å². The third-order valence-electron chi connectivity index (χ3n) is 2.71. The van der Waals surface area contributed by atoms with E-state index in [9.17, 15) is 14.7 Å². The summed E-state index contributed by atoms with van der Waals surface area (Å²) in [6.07, 6.45) is 0.119. The standard InChI is InChI=1S/C10H18N2O4/c1-10(2,8(14)15)6-11-9(16)12-4-3-7(13)5-12/h7,13H,3-6H2,1-2H3,(H,11,16)(H,14,15). The van der Waals surface area contributed by atoms with Crippen LogP contribution >= 0.6 is 0 Å². The third-order valence-corrected chi connectivity index (χ3v) is 2.71. The van der Waals surface area contributed by atoms with Gasteiger partial charge in [0.15, 0.2) is 0 Å². The fourth-order valence-corrected chi connectivity index (χ4v) is 1.41. The van der Waals surface area contributed by atoms with Gasteiger partial charge < -0.3 is 20.4 Å². The molecule has 1 heterocycles. The number of amides is 2. The molecule has 0 aromatic heterocycles. The van der Waals surface area contributed by atoms with Gasteiger partial charge in [0.25, 0.3) is 0 Å². The molecule has 6 nitrogen and oxygen atoms in total. The highest BCUT2D eigenvalue weighted by atomic mass is 16.4. The number of nitrogens with one attached hydrogen (secondary N) is 1. The van der Waals surface area contributed by atoms with Crippen molar-refractivity contribution in [1.29, 1.82) is 0 Å². The molecular formula is C10H18N2O4. The van der Waals surface area contributed by atoms with Crippen LogP contribution in [0.25, 0.3) is 0 Å². The van der Waals surface area contributed by atoms with Crippen LogP contribution in [0.4, 0.5) is 4.79 Å². The summed E-state index contributed by atoms with van der Waals surface area (Å²) in [7, 11) is 0. The Bertz CT molecular complexity index is 291. The molecule has 0 aromatic carbocycles. The average Bonchev–Trinajstić information content (AvgIpc) is 2.61. The van der Waals surface area contributed by atoms with Crippen LogP contribution in [0.3, 0.4) is 0 Å². The van der Waals surface area contributed by atoms with Crippen molar-refractivity contribution >= 4 is 12.0 Å². The molecule has 0 spiro atoms. The summed E-state index contributed by atoms with van der Waals surface area (Å²) in [5.74, 6) is -0.950. The van der Waals surface area contributed by atoms with Crippen LogP contribution in [-0.4, -0.2) is 52.9 Å². The Balaban J connectivity index is 2.38. The number of carboxylic acid groups (broad SMARTS) is 1. The number of rotatable bonds is 3. The van der Waals surface area contributed by atoms with E-state index in [0.29, 0.717) is 19.5 Å². The van der Waals surface area contributed by atoms with Crippen molar-refractivity contribution in [2.45, 2.75) is 26.4 Å². The van der Waals surface area contributed by atoms with E-state index in [1.165, 1.54) is 4.90 Å². The molecule has 0 bridgehead atoms. The van der Waals surface area contributed by atoms with E-state index in [2.05, 4.69) is 5.32 Å². The molecule has 3 N–H and O–H groups in total. The lowest BCUT2D eigenvalue weighted by atomic mass is 9.94. The van der Waals surface area contributed by atoms with Crippen LogP contribution in [0, 0.1) is 5.41 Å². The number of aliphatic hydroxyl groups is 1. The van der Waals surface area contributed by atoms with Gasteiger partial charge in [0.2, 0.25) is 0 Å². The van der Waals surface area contributed by atoms with Crippen molar-refractivity contribution in [2.24, 2.45) is 5.41 Å². The zero-order valence-electron chi connectivity index (χ0n) is 9.56. The number of carboxylic acids is 1. The maximum absolute atomic E-state index is 11.6. The molecule has 0 radical (unpaired) electrons. The Hall–Kier alpha value is -1.30. The van der Waals surface area contributed by atoms with Gasteiger partial charge >= 0.3 is 12.0 Å². The summed E-state index contributed by atoms with van der Waals surface area (Å²) < 4.78 is 0. The van der Waals surface area contributed by atoms with Crippen LogP contribution in [0.15, 0.2) is 0 Å². The minimum Gasteiger partial charge on any atom is -0.481 e. The summed E-state index contributed by atoms with van der Waals surface area (Å²) >= 11 is 0. The minimum absolute atomic E-state index is 0.0771. The largest absolute Gasteiger partial charge is 0.481 e. The van der Waals surface area contributed by atoms with E-state index in [0.717, 1.165) is 0 Å². The number of aliphatic carboxylic acids is 1. The first-order valence-corrected chi connectivity index (χ1v) is 5.27. The molecule has 0 aliphatic carbocycles. The molecule has 1 aliphatic heterocycles. The predicted molar refractivity (Wildman–Crippen MR) is 57.0 cm³/mol. The van der Waals surface area contributed by atoms with Crippen molar-refractivity contribution in [2.75, 3.05) is 19.6 Å². The average molecular weight is 230 g/mol. The highest BCUT2D eigenvalue weighted by Crippen LogP contribution is 2.14. The molecule has 92 valence electrons. The Morgan fingerprint density at radius 1 is 1.50 bits per heavy atom. The van der Waals surface area contributed by atoms with Crippen LogP contribution in [-0.2, 0) is 4.79 Å². The summed E-state index contributed by atoms with van der Waals surface area (Å²) in [4.78, 5) is 23.9. The topological polar surface area (TPSA) is 89.9 Å². The fourth-order valence-electron chi connectivity index (χ4n) is 1.41. The van der Waals surface area contributed by atoms with Gasteiger partial charge in [0, 0.05) is 19.6 Å². The fraction of sp³-hybridized carbons (Fsp3) is 0.800. The predicted octanol–water partition coefficient (Wildman–Crippen LogP) is -0.127. The second-order valence-corrected chi connectivity index (χ2v) is 4.74. The lowest BCUT2D eigenvalue weighted by molar-refractivity contribution is -0.146. The molecule has 16 heavy (non-hydrogen) atoms. The van der Waals surface area contributed by atoms with Gasteiger partial charge in [-0.25, -0.2) is 4.79 Å². The Morgan fingerprint density at radius 3 is 2.56 bits per heavy atom. The maximum Gasteiger partial charge on any atom is 0.317 e. The molecule has 0 aromatic rings. The summed E-state index contributed by atoms with van der Waals surface area (Å²) in [6.45, 7) is 4.01. The monoisotopic (exact) mass is 230 g/mol. The summed E-state index contributed by atoms with van der Waals surface area (Å²) in [5.41, 5.74) is -0.978. The molecule has 1 atom stereocenters. The van der Waals surface area contributed by atoms with Gasteiger partial charge in [-0.3, -0.25) is 4.79 Å². The van der Waals surface area contributed by atoms with Gasteiger partial charge in [0.1, 0.15) is 0 Å². The third kappa shape index (κ3) is 3.10. The Kier molecular flexibility index (Phi) is 3.74. The summed E-state index contributed by atoms with van der Waals surface area (Å²) in [6, 6.07) is -0.314. The van der Waals surface area contributed by atoms with Crippen molar-refractivity contribution in [1.82, 2.24) is 10.2 Å². The number of carbonyl (C=O) groups is 2. The second-order valence-electron chi connectivity index (χ2n) is 4.74. The zero-order chi connectivity index (χ0) is 12.3. The lowest BCUT2D eigenvalue weighted by Crippen LogP contribution is -2.45. The molecule has 1 saturated heterocycles. The molecular weight excluding hydrogens is 212 g/mol. The van der Waals surface area contributed by atoms with Crippen molar-refractivity contribution in [3.8, 4) is 0 Å². The first kappa shape index (κ1) is 12.8. The van der Waals surface area contributed by atoms with Crippen LogP contribution < -0.4 is 5.32 Å².